The summed E-state index contributed by atoms with van der Waals surface area (Å²) in [6.45, 7) is 5.33. The lowest BCUT2D eigenvalue weighted by atomic mass is 10.2. The van der Waals surface area contributed by atoms with Gasteiger partial charge in [-0.2, -0.15) is 0 Å². The maximum Gasteiger partial charge on any atom is 0.221 e. The molecule has 2 N–H and O–H groups in total. The number of methoxy groups -OCH3 is 1. The van der Waals surface area contributed by atoms with E-state index in [4.69, 9.17) is 4.74 Å². The summed E-state index contributed by atoms with van der Waals surface area (Å²) in [5, 5.41) is 6.02. The molecule has 0 rings (SSSR count). The van der Waals surface area contributed by atoms with Crippen LogP contribution in [-0.4, -0.2) is 39.3 Å². The van der Waals surface area contributed by atoms with Gasteiger partial charge in [0.25, 0.3) is 0 Å². The van der Waals surface area contributed by atoms with Gasteiger partial charge >= 0.3 is 0 Å². The SMILES string of the molecule is CCNCCC(=O)NCCCCCOC. The number of rotatable bonds is 10. The molecule has 15 heavy (non-hydrogen) atoms. The van der Waals surface area contributed by atoms with E-state index in [0.717, 1.165) is 45.5 Å². The van der Waals surface area contributed by atoms with Gasteiger partial charge in [0, 0.05) is 33.2 Å². The first-order valence-electron chi connectivity index (χ1n) is 5.77. The number of hydrogen-bond acceptors (Lipinski definition) is 3. The van der Waals surface area contributed by atoms with Crippen LogP contribution in [0.15, 0.2) is 0 Å². The molecule has 0 aliphatic carbocycles. The van der Waals surface area contributed by atoms with Gasteiger partial charge in [-0.15, -0.1) is 0 Å². The zero-order valence-corrected chi connectivity index (χ0v) is 9.97. The number of carbonyl (C=O) groups excluding carboxylic acids is 1. The second-order valence-corrected chi connectivity index (χ2v) is 3.51. The number of hydrogen-bond donors (Lipinski definition) is 2. The second-order valence-electron chi connectivity index (χ2n) is 3.51. The molecule has 0 spiro atoms. The van der Waals surface area contributed by atoms with E-state index in [9.17, 15) is 4.79 Å². The first-order chi connectivity index (χ1) is 7.31. The monoisotopic (exact) mass is 216 g/mol. The standard InChI is InChI=1S/C11H24N2O2/c1-3-12-9-7-11(14)13-8-5-4-6-10-15-2/h12H,3-10H2,1-2H3,(H,13,14). The Kier molecular flexibility index (Phi) is 11.0. The van der Waals surface area contributed by atoms with Crippen LogP contribution < -0.4 is 10.6 Å². The minimum absolute atomic E-state index is 0.141. The van der Waals surface area contributed by atoms with Crippen molar-refractivity contribution in [2.45, 2.75) is 32.6 Å². The van der Waals surface area contributed by atoms with Crippen molar-refractivity contribution in [3.05, 3.63) is 0 Å². The van der Waals surface area contributed by atoms with Crippen molar-refractivity contribution in [3.63, 3.8) is 0 Å². The quantitative estimate of drug-likeness (QED) is 0.534. The van der Waals surface area contributed by atoms with Crippen LogP contribution in [0.1, 0.15) is 32.6 Å². The molecule has 0 heterocycles. The van der Waals surface area contributed by atoms with Gasteiger partial charge in [-0.1, -0.05) is 6.92 Å². The molecule has 0 radical (unpaired) electrons. The molecule has 4 heteroatoms. The Morgan fingerprint density at radius 2 is 2.00 bits per heavy atom. The third kappa shape index (κ3) is 11.3. The lowest BCUT2D eigenvalue weighted by Crippen LogP contribution is -2.28. The van der Waals surface area contributed by atoms with E-state index in [1.54, 1.807) is 7.11 Å². The van der Waals surface area contributed by atoms with Gasteiger partial charge in [0.1, 0.15) is 0 Å². The van der Waals surface area contributed by atoms with Crippen molar-refractivity contribution in [1.82, 2.24) is 10.6 Å². The number of nitrogens with one attached hydrogen (secondary N) is 2. The zero-order chi connectivity index (χ0) is 11.4. The normalized spacial score (nSPS) is 10.3. The topological polar surface area (TPSA) is 50.4 Å². The van der Waals surface area contributed by atoms with Gasteiger partial charge in [-0.05, 0) is 25.8 Å². The molecule has 0 bridgehead atoms. The lowest BCUT2D eigenvalue weighted by molar-refractivity contribution is -0.121. The van der Waals surface area contributed by atoms with E-state index in [-0.39, 0.29) is 5.91 Å². The van der Waals surface area contributed by atoms with E-state index in [1.165, 1.54) is 0 Å². The first kappa shape index (κ1) is 14.4. The third-order valence-corrected chi connectivity index (χ3v) is 2.13. The van der Waals surface area contributed by atoms with Crippen molar-refractivity contribution in [1.29, 1.82) is 0 Å². The summed E-state index contributed by atoms with van der Waals surface area (Å²) in [4.78, 5) is 11.2. The van der Waals surface area contributed by atoms with E-state index in [1.807, 2.05) is 6.92 Å². The Balaban J connectivity index is 3.10. The average Bonchev–Trinajstić information content (AvgIpc) is 2.23. The third-order valence-electron chi connectivity index (χ3n) is 2.13. The molecule has 0 aliphatic rings. The fraction of sp³-hybridized carbons (Fsp3) is 0.909. The van der Waals surface area contributed by atoms with Crippen LogP contribution in [0.2, 0.25) is 0 Å². The number of unbranched alkanes of at least 4 members (excludes halogenated alkanes) is 2. The van der Waals surface area contributed by atoms with Gasteiger partial charge in [0.2, 0.25) is 5.91 Å². The fourth-order valence-electron chi connectivity index (χ4n) is 1.24. The lowest BCUT2D eigenvalue weighted by Gasteiger charge is -2.05. The number of amides is 1. The molecule has 0 aliphatic heterocycles. The Morgan fingerprint density at radius 3 is 2.67 bits per heavy atom. The summed E-state index contributed by atoms with van der Waals surface area (Å²) < 4.78 is 4.94. The molecule has 0 aromatic rings. The van der Waals surface area contributed by atoms with Crippen molar-refractivity contribution < 1.29 is 9.53 Å². The Morgan fingerprint density at radius 1 is 1.20 bits per heavy atom. The van der Waals surface area contributed by atoms with Crippen LogP contribution in [0.5, 0.6) is 0 Å². The maximum absolute atomic E-state index is 11.2. The second kappa shape index (κ2) is 11.5. The van der Waals surface area contributed by atoms with Gasteiger partial charge in [-0.3, -0.25) is 4.79 Å². The summed E-state index contributed by atoms with van der Waals surface area (Å²) in [5.41, 5.74) is 0. The summed E-state index contributed by atoms with van der Waals surface area (Å²) in [6.07, 6.45) is 3.80. The van der Waals surface area contributed by atoms with Crippen LogP contribution in [0, 0.1) is 0 Å². The minimum atomic E-state index is 0.141. The van der Waals surface area contributed by atoms with Crippen LogP contribution in [0.25, 0.3) is 0 Å². The van der Waals surface area contributed by atoms with E-state index in [2.05, 4.69) is 10.6 Å². The molecule has 0 atom stereocenters. The highest BCUT2D eigenvalue weighted by atomic mass is 16.5. The highest BCUT2D eigenvalue weighted by Crippen LogP contribution is 1.93. The number of carbonyl (C=O) groups is 1. The van der Waals surface area contributed by atoms with Crippen LogP contribution in [0.3, 0.4) is 0 Å². The largest absolute Gasteiger partial charge is 0.385 e. The summed E-state index contributed by atoms with van der Waals surface area (Å²) in [6, 6.07) is 0. The van der Waals surface area contributed by atoms with Crippen molar-refractivity contribution in [2.75, 3.05) is 33.4 Å². The van der Waals surface area contributed by atoms with E-state index >= 15 is 0 Å². The summed E-state index contributed by atoms with van der Waals surface area (Å²) >= 11 is 0. The average molecular weight is 216 g/mol. The highest BCUT2D eigenvalue weighted by molar-refractivity contribution is 5.75. The molecule has 4 nitrogen and oxygen atoms in total. The maximum atomic E-state index is 11.2. The Bertz CT molecular complexity index is 152. The molecule has 1 amide bonds. The van der Waals surface area contributed by atoms with Crippen LogP contribution >= 0.6 is 0 Å². The van der Waals surface area contributed by atoms with E-state index in [0.29, 0.717) is 6.42 Å². The first-order valence-corrected chi connectivity index (χ1v) is 5.77. The molecule has 0 aromatic heterocycles. The fourth-order valence-corrected chi connectivity index (χ4v) is 1.24. The van der Waals surface area contributed by atoms with Crippen LogP contribution in [-0.2, 0) is 9.53 Å². The minimum Gasteiger partial charge on any atom is -0.385 e. The molecule has 0 aromatic carbocycles. The zero-order valence-electron chi connectivity index (χ0n) is 9.97. The molecule has 0 fully saturated rings. The number of ether oxygens (including phenoxy) is 1. The van der Waals surface area contributed by atoms with E-state index < -0.39 is 0 Å². The molecular formula is C11H24N2O2. The molecule has 0 saturated heterocycles. The van der Waals surface area contributed by atoms with Crippen molar-refractivity contribution >= 4 is 5.91 Å². The van der Waals surface area contributed by atoms with Crippen LogP contribution in [0.4, 0.5) is 0 Å². The van der Waals surface area contributed by atoms with Crippen molar-refractivity contribution in [2.24, 2.45) is 0 Å². The molecule has 0 saturated carbocycles. The predicted molar refractivity (Wildman–Crippen MR) is 61.9 cm³/mol. The van der Waals surface area contributed by atoms with Crippen molar-refractivity contribution in [3.8, 4) is 0 Å². The summed E-state index contributed by atoms with van der Waals surface area (Å²) in [7, 11) is 1.71. The molecule has 90 valence electrons. The van der Waals surface area contributed by atoms with Gasteiger partial charge in [-0.25, -0.2) is 0 Å². The highest BCUT2D eigenvalue weighted by Gasteiger charge is 1.98. The molecule has 0 unspecified atom stereocenters. The molecular weight excluding hydrogens is 192 g/mol. The Labute approximate surface area is 92.8 Å². The smallest absolute Gasteiger partial charge is 0.221 e. The van der Waals surface area contributed by atoms with Gasteiger partial charge < -0.3 is 15.4 Å². The summed E-state index contributed by atoms with van der Waals surface area (Å²) in [5.74, 6) is 0.141. The van der Waals surface area contributed by atoms with Gasteiger partial charge in [0.05, 0.1) is 0 Å². The van der Waals surface area contributed by atoms with Gasteiger partial charge in [0.15, 0.2) is 0 Å². The Hall–Kier alpha value is -0.610. The predicted octanol–water partition coefficient (Wildman–Crippen LogP) is 0.919.